The molecule has 106 valence electrons. The summed E-state index contributed by atoms with van der Waals surface area (Å²) < 4.78 is 45.2. The largest absolute Gasteiger partial charge is 0.494 e. The Balaban J connectivity index is 2.44. The molecule has 0 spiro atoms. The van der Waals surface area contributed by atoms with Crippen molar-refractivity contribution in [2.45, 2.75) is 6.04 Å². The van der Waals surface area contributed by atoms with Gasteiger partial charge in [-0.3, -0.25) is 5.84 Å². The van der Waals surface area contributed by atoms with Gasteiger partial charge in [0.25, 0.3) is 0 Å². The summed E-state index contributed by atoms with van der Waals surface area (Å²) >= 11 is 0. The van der Waals surface area contributed by atoms with Gasteiger partial charge < -0.3 is 4.74 Å². The van der Waals surface area contributed by atoms with Crippen LogP contribution in [0.2, 0.25) is 0 Å². The Bertz CT molecular complexity index is 619. The molecule has 0 aliphatic heterocycles. The zero-order valence-electron chi connectivity index (χ0n) is 10.7. The number of hydrogen-bond acceptors (Lipinski definition) is 3. The molecule has 2 rings (SSSR count). The molecular weight excluding hydrogens is 269 g/mol. The van der Waals surface area contributed by atoms with Gasteiger partial charge in [-0.2, -0.15) is 0 Å². The van der Waals surface area contributed by atoms with Crippen LogP contribution in [0, 0.1) is 17.5 Å². The molecule has 20 heavy (non-hydrogen) atoms. The lowest BCUT2D eigenvalue weighted by Gasteiger charge is -2.18. The Hall–Kier alpha value is -2.05. The molecule has 3 nitrogen and oxygen atoms in total. The summed E-state index contributed by atoms with van der Waals surface area (Å²) in [6.07, 6.45) is 0. The van der Waals surface area contributed by atoms with Crippen molar-refractivity contribution in [3.05, 3.63) is 65.0 Å². The zero-order valence-corrected chi connectivity index (χ0v) is 10.7. The highest BCUT2D eigenvalue weighted by Crippen LogP contribution is 2.27. The third kappa shape index (κ3) is 2.76. The van der Waals surface area contributed by atoms with Gasteiger partial charge in [0.1, 0.15) is 11.6 Å². The topological polar surface area (TPSA) is 47.3 Å². The molecule has 0 aliphatic rings. The van der Waals surface area contributed by atoms with Crippen LogP contribution in [0.1, 0.15) is 17.2 Å². The maximum absolute atomic E-state index is 13.8. The predicted octanol–water partition coefficient (Wildman–Crippen LogP) is 2.67. The van der Waals surface area contributed by atoms with E-state index in [1.165, 1.54) is 25.3 Å². The number of hydrazine groups is 1. The maximum Gasteiger partial charge on any atom is 0.165 e. The highest BCUT2D eigenvalue weighted by atomic mass is 19.1. The summed E-state index contributed by atoms with van der Waals surface area (Å²) in [6, 6.07) is 6.48. The average Bonchev–Trinajstić information content (AvgIpc) is 2.42. The first-order valence-electron chi connectivity index (χ1n) is 5.81. The van der Waals surface area contributed by atoms with Gasteiger partial charge in [0, 0.05) is 11.6 Å². The molecule has 0 aromatic heterocycles. The summed E-state index contributed by atoms with van der Waals surface area (Å²) in [5.41, 5.74) is 2.91. The highest BCUT2D eigenvalue weighted by Gasteiger charge is 2.18. The molecule has 0 bridgehead atoms. The van der Waals surface area contributed by atoms with E-state index in [2.05, 4.69) is 5.43 Å². The summed E-state index contributed by atoms with van der Waals surface area (Å²) in [4.78, 5) is 0. The molecule has 1 unspecified atom stereocenters. The lowest BCUT2D eigenvalue weighted by Crippen LogP contribution is -2.29. The Labute approximate surface area is 114 Å². The van der Waals surface area contributed by atoms with Gasteiger partial charge in [-0.05, 0) is 23.8 Å². The Morgan fingerprint density at radius 1 is 1.05 bits per heavy atom. The Morgan fingerprint density at radius 2 is 1.80 bits per heavy atom. The van der Waals surface area contributed by atoms with E-state index < -0.39 is 23.5 Å². The summed E-state index contributed by atoms with van der Waals surface area (Å²) in [7, 11) is 1.34. The summed E-state index contributed by atoms with van der Waals surface area (Å²) in [5, 5.41) is 0. The number of halogens is 3. The van der Waals surface area contributed by atoms with Crippen molar-refractivity contribution < 1.29 is 17.9 Å². The van der Waals surface area contributed by atoms with Crippen LogP contribution in [0.3, 0.4) is 0 Å². The first kappa shape index (κ1) is 14.4. The molecule has 3 N–H and O–H groups in total. The average molecular weight is 282 g/mol. The molecule has 0 saturated carbocycles. The van der Waals surface area contributed by atoms with Crippen molar-refractivity contribution in [3.63, 3.8) is 0 Å². The molecule has 2 aromatic carbocycles. The van der Waals surface area contributed by atoms with Crippen molar-refractivity contribution in [1.29, 1.82) is 0 Å². The van der Waals surface area contributed by atoms with Crippen LogP contribution in [0.4, 0.5) is 13.2 Å². The van der Waals surface area contributed by atoms with E-state index in [4.69, 9.17) is 10.6 Å². The van der Waals surface area contributed by atoms with E-state index in [1.54, 1.807) is 6.07 Å². The van der Waals surface area contributed by atoms with Gasteiger partial charge in [0.2, 0.25) is 0 Å². The fraction of sp³-hybridized carbons (Fsp3) is 0.143. The van der Waals surface area contributed by atoms with Crippen LogP contribution in [0.25, 0.3) is 0 Å². The molecule has 0 amide bonds. The minimum absolute atomic E-state index is 0.0732. The predicted molar refractivity (Wildman–Crippen MR) is 68.5 cm³/mol. The van der Waals surface area contributed by atoms with E-state index in [-0.39, 0.29) is 11.3 Å². The van der Waals surface area contributed by atoms with Gasteiger partial charge in [0.15, 0.2) is 11.6 Å². The second-order valence-electron chi connectivity index (χ2n) is 4.16. The first-order chi connectivity index (χ1) is 9.56. The minimum Gasteiger partial charge on any atom is -0.494 e. The fourth-order valence-corrected chi connectivity index (χ4v) is 1.96. The normalized spacial score (nSPS) is 12.2. The Kier molecular flexibility index (Phi) is 4.26. The number of rotatable bonds is 4. The van der Waals surface area contributed by atoms with Crippen molar-refractivity contribution >= 4 is 0 Å². The van der Waals surface area contributed by atoms with Crippen LogP contribution >= 0.6 is 0 Å². The monoisotopic (exact) mass is 282 g/mol. The molecule has 0 radical (unpaired) electrons. The Morgan fingerprint density at radius 3 is 2.35 bits per heavy atom. The van der Waals surface area contributed by atoms with E-state index in [0.717, 1.165) is 12.1 Å². The second kappa shape index (κ2) is 5.94. The third-order valence-corrected chi connectivity index (χ3v) is 2.95. The zero-order chi connectivity index (χ0) is 14.7. The number of ether oxygens (including phenoxy) is 1. The molecule has 1 atom stereocenters. The van der Waals surface area contributed by atoms with Crippen LogP contribution in [0.15, 0.2) is 36.4 Å². The van der Waals surface area contributed by atoms with E-state index >= 15 is 0 Å². The van der Waals surface area contributed by atoms with Crippen molar-refractivity contribution in [2.24, 2.45) is 5.84 Å². The molecule has 0 aliphatic carbocycles. The SMILES string of the molecule is COc1ccc(C(NN)c2ccc(F)cc2F)cc1F. The van der Waals surface area contributed by atoms with Crippen LogP contribution in [-0.2, 0) is 0 Å². The van der Waals surface area contributed by atoms with Gasteiger partial charge in [-0.1, -0.05) is 12.1 Å². The van der Waals surface area contributed by atoms with Gasteiger partial charge in [0.05, 0.1) is 13.2 Å². The number of nitrogens with two attached hydrogens (primary N) is 1. The quantitative estimate of drug-likeness (QED) is 0.669. The fourth-order valence-electron chi connectivity index (χ4n) is 1.96. The minimum atomic E-state index is -0.795. The molecule has 6 heteroatoms. The van der Waals surface area contributed by atoms with Crippen LogP contribution < -0.4 is 16.0 Å². The van der Waals surface area contributed by atoms with Crippen LogP contribution in [0.5, 0.6) is 5.75 Å². The maximum atomic E-state index is 13.8. The molecule has 2 aromatic rings. The molecular formula is C14H13F3N2O. The second-order valence-corrected chi connectivity index (χ2v) is 4.16. The van der Waals surface area contributed by atoms with E-state index in [0.29, 0.717) is 5.56 Å². The number of benzene rings is 2. The lowest BCUT2D eigenvalue weighted by molar-refractivity contribution is 0.385. The number of nitrogens with one attached hydrogen (secondary N) is 1. The summed E-state index contributed by atoms with van der Waals surface area (Å²) in [5.74, 6) is 3.43. The van der Waals surface area contributed by atoms with Gasteiger partial charge in [-0.25, -0.2) is 18.6 Å². The van der Waals surface area contributed by atoms with Gasteiger partial charge in [-0.15, -0.1) is 0 Å². The standard InChI is InChI=1S/C14H13F3N2O/c1-20-13-5-2-8(6-12(13)17)14(19-18)10-4-3-9(15)7-11(10)16/h2-7,14,19H,18H2,1H3. The third-order valence-electron chi connectivity index (χ3n) is 2.95. The highest BCUT2D eigenvalue weighted by molar-refractivity contribution is 5.37. The van der Waals surface area contributed by atoms with E-state index in [1.807, 2.05) is 0 Å². The smallest absolute Gasteiger partial charge is 0.165 e. The van der Waals surface area contributed by atoms with E-state index in [9.17, 15) is 13.2 Å². The van der Waals surface area contributed by atoms with Crippen molar-refractivity contribution in [1.82, 2.24) is 5.43 Å². The van der Waals surface area contributed by atoms with Crippen LogP contribution in [-0.4, -0.2) is 7.11 Å². The number of hydrogen-bond donors (Lipinski definition) is 2. The van der Waals surface area contributed by atoms with Crippen molar-refractivity contribution in [2.75, 3.05) is 7.11 Å². The lowest BCUT2D eigenvalue weighted by atomic mass is 9.98. The molecule has 0 saturated heterocycles. The van der Waals surface area contributed by atoms with Crippen molar-refractivity contribution in [3.8, 4) is 5.75 Å². The molecule has 0 heterocycles. The van der Waals surface area contributed by atoms with Gasteiger partial charge >= 0.3 is 0 Å². The summed E-state index contributed by atoms with van der Waals surface area (Å²) in [6.45, 7) is 0. The first-order valence-corrected chi connectivity index (χ1v) is 5.81. The number of methoxy groups -OCH3 is 1. The molecule has 0 fully saturated rings.